The molecule has 2 atom stereocenters. The van der Waals surface area contributed by atoms with Gasteiger partial charge in [0.1, 0.15) is 0 Å². The molecule has 8 heteroatoms. The number of carbonyl (C=O) groups excluding carboxylic acids is 1. The summed E-state index contributed by atoms with van der Waals surface area (Å²) < 4.78 is 28.0. The number of thioether (sulfide) groups is 1. The van der Waals surface area contributed by atoms with Gasteiger partial charge in [0.2, 0.25) is 0 Å². The predicted octanol–water partition coefficient (Wildman–Crippen LogP) is 2.19. The van der Waals surface area contributed by atoms with Crippen LogP contribution in [0.1, 0.15) is 27.2 Å². The molecule has 112 valence electrons. The van der Waals surface area contributed by atoms with Gasteiger partial charge in [-0.2, -0.15) is 0 Å². The fraction of sp³-hybridized carbons (Fsp3) is 0.909. The number of ether oxygens (including phenoxy) is 1. The molecule has 0 bridgehead atoms. The van der Waals surface area contributed by atoms with Gasteiger partial charge >= 0.3 is 7.75 Å². The van der Waals surface area contributed by atoms with Crippen LogP contribution >= 0.6 is 19.5 Å². The molecule has 0 aromatic rings. The first-order chi connectivity index (χ1) is 9.00. The molecule has 0 aliphatic carbocycles. The Kier molecular flexibility index (Phi) is 7.57. The molecule has 1 N–H and O–H groups in total. The maximum Gasteiger partial charge on any atom is 0.405 e. The van der Waals surface area contributed by atoms with E-state index in [1.165, 1.54) is 11.8 Å². The van der Waals surface area contributed by atoms with Gasteiger partial charge in [0.05, 0.1) is 19.3 Å². The molecule has 1 fully saturated rings. The normalized spacial score (nSPS) is 23.7. The zero-order chi connectivity index (χ0) is 14.3. The van der Waals surface area contributed by atoms with Crippen molar-refractivity contribution in [2.45, 2.75) is 38.5 Å². The topological polar surface area (TPSA) is 73.9 Å². The SMILES string of the molecule is CCOP(=O)(NC[C@H]1OCC[C@H]1SC(C)=O)OCC. The number of carbonyl (C=O) groups is 1. The summed E-state index contributed by atoms with van der Waals surface area (Å²) in [5.74, 6) is 0. The molecule has 0 radical (unpaired) electrons. The van der Waals surface area contributed by atoms with Crippen molar-refractivity contribution in [3.05, 3.63) is 0 Å². The van der Waals surface area contributed by atoms with Crippen LogP contribution in [0.2, 0.25) is 0 Å². The third kappa shape index (κ3) is 5.94. The highest BCUT2D eigenvalue weighted by atomic mass is 32.2. The third-order valence-corrected chi connectivity index (χ3v) is 5.49. The van der Waals surface area contributed by atoms with E-state index in [0.717, 1.165) is 6.42 Å². The largest absolute Gasteiger partial charge is 0.405 e. The Hall–Kier alpha value is 0.0900. The first-order valence-electron chi connectivity index (χ1n) is 6.43. The lowest BCUT2D eigenvalue weighted by atomic mass is 10.2. The van der Waals surface area contributed by atoms with Gasteiger partial charge in [-0.3, -0.25) is 13.8 Å². The summed E-state index contributed by atoms with van der Waals surface area (Å²) in [4.78, 5) is 11.1. The van der Waals surface area contributed by atoms with Gasteiger partial charge in [0.15, 0.2) is 5.12 Å². The molecule has 0 aromatic carbocycles. The van der Waals surface area contributed by atoms with Gasteiger partial charge in [-0.25, -0.2) is 9.65 Å². The number of hydrogen-bond acceptors (Lipinski definition) is 6. The van der Waals surface area contributed by atoms with Gasteiger partial charge in [0.25, 0.3) is 0 Å². The van der Waals surface area contributed by atoms with Crippen molar-refractivity contribution < 1.29 is 23.1 Å². The third-order valence-electron chi connectivity index (χ3n) is 2.55. The summed E-state index contributed by atoms with van der Waals surface area (Å²) in [5.41, 5.74) is 0. The van der Waals surface area contributed by atoms with Gasteiger partial charge in [-0.05, 0) is 20.3 Å². The minimum absolute atomic E-state index is 0.0679. The van der Waals surface area contributed by atoms with Crippen LogP contribution in [0.15, 0.2) is 0 Å². The summed E-state index contributed by atoms with van der Waals surface area (Å²) in [5, 5.41) is 2.97. The lowest BCUT2D eigenvalue weighted by Crippen LogP contribution is -2.32. The first-order valence-corrected chi connectivity index (χ1v) is 8.86. The average Bonchev–Trinajstić information content (AvgIpc) is 2.74. The van der Waals surface area contributed by atoms with Crippen molar-refractivity contribution in [1.82, 2.24) is 5.09 Å². The Balaban J connectivity index is 2.48. The van der Waals surface area contributed by atoms with E-state index < -0.39 is 7.75 Å². The maximum absolute atomic E-state index is 12.2. The molecule has 1 heterocycles. The molecule has 0 amide bonds. The van der Waals surface area contributed by atoms with Crippen molar-refractivity contribution in [2.75, 3.05) is 26.4 Å². The number of nitrogens with one attached hydrogen (secondary N) is 1. The number of rotatable bonds is 8. The second kappa shape index (κ2) is 8.39. The summed E-state index contributed by atoms with van der Waals surface area (Å²) in [6.07, 6.45) is 0.674. The fourth-order valence-electron chi connectivity index (χ4n) is 1.84. The summed E-state index contributed by atoms with van der Waals surface area (Å²) in [7, 11) is -3.26. The maximum atomic E-state index is 12.2. The molecular formula is C11H22NO5PS. The van der Waals surface area contributed by atoms with E-state index in [0.29, 0.717) is 26.4 Å². The van der Waals surface area contributed by atoms with Crippen LogP contribution in [0.4, 0.5) is 0 Å². The van der Waals surface area contributed by atoms with Gasteiger partial charge < -0.3 is 4.74 Å². The van der Waals surface area contributed by atoms with E-state index in [9.17, 15) is 9.36 Å². The Morgan fingerprint density at radius 1 is 1.42 bits per heavy atom. The fourth-order valence-corrected chi connectivity index (χ4v) is 4.14. The van der Waals surface area contributed by atoms with E-state index in [1.807, 2.05) is 0 Å². The first kappa shape index (κ1) is 17.1. The smallest absolute Gasteiger partial charge is 0.376 e. The van der Waals surface area contributed by atoms with Crippen LogP contribution in [-0.4, -0.2) is 42.8 Å². The molecule has 0 aromatic heterocycles. The van der Waals surface area contributed by atoms with Crippen molar-refractivity contribution in [3.8, 4) is 0 Å². The molecule has 0 unspecified atom stereocenters. The zero-order valence-electron chi connectivity index (χ0n) is 11.6. The van der Waals surface area contributed by atoms with Crippen molar-refractivity contribution >= 4 is 24.6 Å². The van der Waals surface area contributed by atoms with E-state index in [-0.39, 0.29) is 16.5 Å². The standard InChI is InChI=1S/C11H22NO5PS/c1-4-16-18(14,17-5-2)12-8-10-11(6-7-15-10)19-9(3)13/h10-11H,4-8H2,1-3H3,(H,12,14)/t10-,11-/m1/s1. The van der Waals surface area contributed by atoms with Crippen LogP contribution in [0.5, 0.6) is 0 Å². The van der Waals surface area contributed by atoms with E-state index in [4.69, 9.17) is 13.8 Å². The van der Waals surface area contributed by atoms with Crippen LogP contribution in [0.25, 0.3) is 0 Å². The minimum Gasteiger partial charge on any atom is -0.376 e. The molecule has 1 saturated heterocycles. The van der Waals surface area contributed by atoms with Crippen LogP contribution in [0, 0.1) is 0 Å². The molecule has 1 aliphatic heterocycles. The number of hydrogen-bond donors (Lipinski definition) is 1. The van der Waals surface area contributed by atoms with Gasteiger partial charge in [0, 0.05) is 25.3 Å². The predicted molar refractivity (Wildman–Crippen MR) is 75.3 cm³/mol. The molecule has 1 aliphatic rings. The van der Waals surface area contributed by atoms with E-state index in [2.05, 4.69) is 5.09 Å². The Bertz CT molecular complexity index is 331. The average molecular weight is 311 g/mol. The van der Waals surface area contributed by atoms with Gasteiger partial charge in [-0.15, -0.1) is 0 Å². The van der Waals surface area contributed by atoms with Crippen LogP contribution in [0.3, 0.4) is 0 Å². The Morgan fingerprint density at radius 2 is 2.05 bits per heavy atom. The highest BCUT2D eigenvalue weighted by Crippen LogP contribution is 2.43. The lowest BCUT2D eigenvalue weighted by molar-refractivity contribution is -0.109. The molecule has 19 heavy (non-hydrogen) atoms. The molecule has 6 nitrogen and oxygen atoms in total. The Labute approximate surface area is 118 Å². The molecule has 0 saturated carbocycles. The minimum atomic E-state index is -3.26. The quantitative estimate of drug-likeness (QED) is 0.689. The highest BCUT2D eigenvalue weighted by molar-refractivity contribution is 8.14. The van der Waals surface area contributed by atoms with Gasteiger partial charge in [-0.1, -0.05) is 11.8 Å². The van der Waals surface area contributed by atoms with E-state index >= 15 is 0 Å². The van der Waals surface area contributed by atoms with Crippen molar-refractivity contribution in [2.24, 2.45) is 0 Å². The molecular weight excluding hydrogens is 289 g/mol. The van der Waals surface area contributed by atoms with Crippen LogP contribution < -0.4 is 5.09 Å². The summed E-state index contributed by atoms with van der Waals surface area (Å²) in [6.45, 7) is 6.64. The highest BCUT2D eigenvalue weighted by Gasteiger charge is 2.33. The Morgan fingerprint density at radius 3 is 2.58 bits per heavy atom. The zero-order valence-corrected chi connectivity index (χ0v) is 13.3. The van der Waals surface area contributed by atoms with Crippen LogP contribution in [-0.2, 0) is 23.1 Å². The van der Waals surface area contributed by atoms with E-state index in [1.54, 1.807) is 20.8 Å². The molecule has 1 rings (SSSR count). The molecule has 0 spiro atoms. The lowest BCUT2D eigenvalue weighted by Gasteiger charge is -2.22. The second-order valence-corrected chi connectivity index (χ2v) is 7.28. The summed E-state index contributed by atoms with van der Waals surface area (Å²) in [6, 6.07) is 0. The summed E-state index contributed by atoms with van der Waals surface area (Å²) >= 11 is 1.27. The van der Waals surface area contributed by atoms with Crippen molar-refractivity contribution in [1.29, 1.82) is 0 Å². The van der Waals surface area contributed by atoms with Crippen molar-refractivity contribution in [3.63, 3.8) is 0 Å². The monoisotopic (exact) mass is 311 g/mol. The second-order valence-electron chi connectivity index (χ2n) is 4.04.